The van der Waals surface area contributed by atoms with Gasteiger partial charge in [0.25, 0.3) is 11.8 Å². The van der Waals surface area contributed by atoms with Gasteiger partial charge < -0.3 is 15.5 Å². The van der Waals surface area contributed by atoms with Crippen molar-refractivity contribution in [2.24, 2.45) is 0 Å². The minimum atomic E-state index is -0.259. The van der Waals surface area contributed by atoms with Gasteiger partial charge >= 0.3 is 0 Å². The SMILES string of the molecule is CCCN(CCC)C(=O)c1ccc(C(=O)Nc2ccc(NC(C)=O)cc2)cc1. The minimum absolute atomic E-state index is 0.00998. The van der Waals surface area contributed by atoms with Gasteiger partial charge in [-0.05, 0) is 61.4 Å². The van der Waals surface area contributed by atoms with Gasteiger partial charge in [-0.25, -0.2) is 0 Å². The van der Waals surface area contributed by atoms with E-state index in [2.05, 4.69) is 10.6 Å². The molecule has 0 aliphatic rings. The average molecular weight is 381 g/mol. The topological polar surface area (TPSA) is 78.5 Å². The van der Waals surface area contributed by atoms with Gasteiger partial charge in [-0.3, -0.25) is 14.4 Å². The lowest BCUT2D eigenvalue weighted by molar-refractivity contribution is -0.114. The fourth-order valence-electron chi connectivity index (χ4n) is 2.84. The first-order valence-electron chi connectivity index (χ1n) is 9.53. The minimum Gasteiger partial charge on any atom is -0.339 e. The van der Waals surface area contributed by atoms with Crippen molar-refractivity contribution in [1.82, 2.24) is 4.90 Å². The van der Waals surface area contributed by atoms with E-state index in [1.807, 2.05) is 18.7 Å². The van der Waals surface area contributed by atoms with Crippen LogP contribution in [0.5, 0.6) is 0 Å². The fraction of sp³-hybridized carbons (Fsp3) is 0.318. The van der Waals surface area contributed by atoms with Gasteiger partial charge in [0.05, 0.1) is 0 Å². The smallest absolute Gasteiger partial charge is 0.255 e. The number of hydrogen-bond acceptors (Lipinski definition) is 3. The molecule has 3 amide bonds. The molecule has 0 aliphatic carbocycles. The number of carbonyl (C=O) groups excluding carboxylic acids is 3. The van der Waals surface area contributed by atoms with Crippen molar-refractivity contribution in [3.8, 4) is 0 Å². The van der Waals surface area contributed by atoms with Crippen LogP contribution in [0, 0.1) is 0 Å². The molecule has 0 spiro atoms. The highest BCUT2D eigenvalue weighted by molar-refractivity contribution is 6.05. The van der Waals surface area contributed by atoms with Gasteiger partial charge in [0, 0.05) is 42.5 Å². The van der Waals surface area contributed by atoms with Crippen molar-refractivity contribution in [1.29, 1.82) is 0 Å². The predicted molar refractivity (Wildman–Crippen MR) is 112 cm³/mol. The normalized spacial score (nSPS) is 10.2. The number of nitrogens with zero attached hydrogens (tertiary/aromatic N) is 1. The van der Waals surface area contributed by atoms with Gasteiger partial charge in [0.15, 0.2) is 0 Å². The number of carbonyl (C=O) groups is 3. The van der Waals surface area contributed by atoms with Crippen LogP contribution >= 0.6 is 0 Å². The van der Waals surface area contributed by atoms with Crippen LogP contribution in [0.4, 0.5) is 11.4 Å². The van der Waals surface area contributed by atoms with E-state index in [1.54, 1.807) is 48.5 Å². The van der Waals surface area contributed by atoms with Gasteiger partial charge in [-0.2, -0.15) is 0 Å². The summed E-state index contributed by atoms with van der Waals surface area (Å²) in [5, 5.41) is 5.48. The van der Waals surface area contributed by atoms with Crippen LogP contribution in [0.1, 0.15) is 54.3 Å². The maximum Gasteiger partial charge on any atom is 0.255 e. The molecule has 2 aromatic carbocycles. The Morgan fingerprint density at radius 2 is 1.21 bits per heavy atom. The van der Waals surface area contributed by atoms with Crippen molar-refractivity contribution >= 4 is 29.1 Å². The van der Waals surface area contributed by atoms with Crippen molar-refractivity contribution in [3.63, 3.8) is 0 Å². The number of benzene rings is 2. The molecule has 0 atom stereocenters. The Balaban J connectivity index is 2.03. The first-order chi connectivity index (χ1) is 13.4. The Kier molecular flexibility index (Phi) is 7.75. The Morgan fingerprint density at radius 3 is 1.68 bits per heavy atom. The Bertz CT molecular complexity index is 808. The van der Waals surface area contributed by atoms with E-state index in [0.717, 1.165) is 25.9 Å². The molecular formula is C22H27N3O3. The van der Waals surface area contributed by atoms with Crippen molar-refractivity contribution in [2.45, 2.75) is 33.6 Å². The molecule has 0 aromatic heterocycles. The number of nitrogens with one attached hydrogen (secondary N) is 2. The molecule has 0 saturated carbocycles. The molecule has 6 nitrogen and oxygen atoms in total. The molecular weight excluding hydrogens is 354 g/mol. The van der Waals surface area contributed by atoms with Crippen LogP contribution in [0.2, 0.25) is 0 Å². The summed E-state index contributed by atoms with van der Waals surface area (Å²) in [4.78, 5) is 37.9. The van der Waals surface area contributed by atoms with Crippen molar-refractivity contribution in [2.75, 3.05) is 23.7 Å². The van der Waals surface area contributed by atoms with Crippen LogP contribution < -0.4 is 10.6 Å². The van der Waals surface area contributed by atoms with E-state index >= 15 is 0 Å². The Labute approximate surface area is 165 Å². The highest BCUT2D eigenvalue weighted by atomic mass is 16.2. The molecule has 2 N–H and O–H groups in total. The van der Waals surface area contributed by atoms with Crippen LogP contribution in [0.25, 0.3) is 0 Å². The first kappa shape index (κ1) is 21.2. The zero-order valence-corrected chi connectivity index (χ0v) is 16.6. The molecule has 2 rings (SSSR count). The maximum absolute atomic E-state index is 12.6. The molecule has 0 radical (unpaired) electrons. The lowest BCUT2D eigenvalue weighted by Gasteiger charge is -2.21. The zero-order valence-electron chi connectivity index (χ0n) is 16.6. The summed E-state index contributed by atoms with van der Waals surface area (Å²) in [6, 6.07) is 13.6. The summed E-state index contributed by atoms with van der Waals surface area (Å²) in [5.41, 5.74) is 2.34. The van der Waals surface area contributed by atoms with E-state index in [1.165, 1.54) is 6.92 Å². The third-order valence-corrected chi connectivity index (χ3v) is 4.13. The van der Waals surface area contributed by atoms with Crippen LogP contribution in [-0.4, -0.2) is 35.7 Å². The summed E-state index contributed by atoms with van der Waals surface area (Å²) in [5.74, 6) is -0.419. The Morgan fingerprint density at radius 1 is 0.750 bits per heavy atom. The monoisotopic (exact) mass is 381 g/mol. The third-order valence-electron chi connectivity index (χ3n) is 4.13. The fourth-order valence-corrected chi connectivity index (χ4v) is 2.84. The molecule has 2 aromatic rings. The quantitative estimate of drug-likeness (QED) is 0.721. The number of hydrogen-bond donors (Lipinski definition) is 2. The highest BCUT2D eigenvalue weighted by Crippen LogP contribution is 2.15. The van der Waals surface area contributed by atoms with Crippen molar-refractivity contribution in [3.05, 3.63) is 59.7 Å². The lowest BCUT2D eigenvalue weighted by atomic mass is 10.1. The van der Waals surface area contributed by atoms with Crippen LogP contribution in [-0.2, 0) is 4.79 Å². The summed E-state index contributed by atoms with van der Waals surface area (Å²) in [6.45, 7) is 6.98. The van der Waals surface area contributed by atoms with E-state index < -0.39 is 0 Å². The lowest BCUT2D eigenvalue weighted by Crippen LogP contribution is -2.32. The molecule has 0 fully saturated rings. The first-order valence-corrected chi connectivity index (χ1v) is 9.53. The summed E-state index contributed by atoms with van der Waals surface area (Å²) >= 11 is 0. The van der Waals surface area contributed by atoms with Gasteiger partial charge in [-0.1, -0.05) is 13.8 Å². The molecule has 0 unspecified atom stereocenters. The van der Waals surface area contributed by atoms with Crippen LogP contribution in [0.15, 0.2) is 48.5 Å². The second kappa shape index (κ2) is 10.3. The molecule has 148 valence electrons. The molecule has 0 aliphatic heterocycles. The van der Waals surface area contributed by atoms with Crippen molar-refractivity contribution < 1.29 is 14.4 Å². The highest BCUT2D eigenvalue weighted by Gasteiger charge is 2.15. The number of amides is 3. The standard InChI is InChI=1S/C22H27N3O3/c1-4-14-25(15-5-2)22(28)18-8-6-17(7-9-18)21(27)24-20-12-10-19(11-13-20)23-16(3)26/h6-13H,4-5,14-15H2,1-3H3,(H,23,26)(H,24,27). The number of rotatable bonds is 8. The zero-order chi connectivity index (χ0) is 20.5. The second-order valence-electron chi connectivity index (χ2n) is 6.58. The average Bonchev–Trinajstić information content (AvgIpc) is 2.68. The van der Waals surface area contributed by atoms with E-state index in [-0.39, 0.29) is 17.7 Å². The molecule has 28 heavy (non-hydrogen) atoms. The summed E-state index contributed by atoms with van der Waals surface area (Å²) in [7, 11) is 0. The number of anilines is 2. The predicted octanol–water partition coefficient (Wildman–Crippen LogP) is 4.16. The molecule has 0 saturated heterocycles. The van der Waals surface area contributed by atoms with Gasteiger partial charge in [0.2, 0.25) is 5.91 Å². The summed E-state index contributed by atoms with van der Waals surface area (Å²) in [6.07, 6.45) is 1.82. The molecule has 0 heterocycles. The second-order valence-corrected chi connectivity index (χ2v) is 6.58. The largest absolute Gasteiger partial charge is 0.339 e. The van der Waals surface area contributed by atoms with Gasteiger partial charge in [0.1, 0.15) is 0 Å². The van der Waals surface area contributed by atoms with Crippen LogP contribution in [0.3, 0.4) is 0 Å². The molecule has 0 bridgehead atoms. The third kappa shape index (κ3) is 5.94. The Hall–Kier alpha value is -3.15. The maximum atomic E-state index is 12.6. The van der Waals surface area contributed by atoms with E-state index in [4.69, 9.17) is 0 Å². The van der Waals surface area contributed by atoms with E-state index in [0.29, 0.717) is 22.5 Å². The van der Waals surface area contributed by atoms with E-state index in [9.17, 15) is 14.4 Å². The van der Waals surface area contributed by atoms with Gasteiger partial charge in [-0.15, -0.1) is 0 Å². The summed E-state index contributed by atoms with van der Waals surface area (Å²) < 4.78 is 0. The molecule has 6 heteroatoms.